The van der Waals surface area contributed by atoms with E-state index in [4.69, 9.17) is 16.1 Å². The van der Waals surface area contributed by atoms with Crippen molar-refractivity contribution in [2.75, 3.05) is 0 Å². The van der Waals surface area contributed by atoms with Gasteiger partial charge in [0.05, 0.1) is 0 Å². The molecule has 0 rings (SSSR count). The zero-order valence-corrected chi connectivity index (χ0v) is 3.94. The monoisotopic (exact) mass is 121 g/mol. The average molecular weight is 121 g/mol. The summed E-state index contributed by atoms with van der Waals surface area (Å²) in [6.45, 7) is 0. The summed E-state index contributed by atoms with van der Waals surface area (Å²) in [5, 5.41) is 18.3. The number of nitrogens with one attached hydrogen (secondary N) is 1. The molecule has 0 aliphatic rings. The van der Waals surface area contributed by atoms with Crippen LogP contribution < -0.4 is 17.0 Å². The summed E-state index contributed by atoms with van der Waals surface area (Å²) in [7, 11) is 0. The van der Waals surface area contributed by atoms with E-state index in [1.54, 1.807) is 5.43 Å². The molecular formula is CH7N5O2. The Morgan fingerprint density at radius 1 is 1.62 bits per heavy atom. The maximum Gasteiger partial charge on any atom is 0.229 e. The van der Waals surface area contributed by atoms with Gasteiger partial charge in [-0.25, -0.2) is 5.43 Å². The molecule has 7 N–H and O–H groups in total. The second kappa shape index (κ2) is 3.02. The maximum atomic E-state index is 7.92. The van der Waals surface area contributed by atoms with Gasteiger partial charge in [0.15, 0.2) is 0 Å². The Labute approximate surface area is 45.1 Å². The normalized spacial score (nSPS) is 12.1. The fourth-order valence-corrected chi connectivity index (χ4v) is 0.131. The lowest BCUT2D eigenvalue weighted by atomic mass is 11.1. The van der Waals surface area contributed by atoms with E-state index in [9.17, 15) is 0 Å². The van der Waals surface area contributed by atoms with E-state index < -0.39 is 0 Å². The van der Waals surface area contributed by atoms with Crippen molar-refractivity contribution in [2.45, 2.75) is 0 Å². The summed E-state index contributed by atoms with van der Waals surface area (Å²) in [6.07, 6.45) is 0. The van der Waals surface area contributed by atoms with Crippen molar-refractivity contribution in [1.82, 2.24) is 10.8 Å². The fraction of sp³-hybridized carbons (Fsp3) is 0. The number of guanidine groups is 1. The average Bonchev–Trinajstić information content (AvgIpc) is 1.65. The van der Waals surface area contributed by atoms with Crippen LogP contribution in [-0.4, -0.2) is 21.7 Å². The second-order valence-electron chi connectivity index (χ2n) is 0.916. The molecule has 0 fully saturated rings. The first-order valence-electron chi connectivity index (χ1n) is 1.64. The van der Waals surface area contributed by atoms with Crippen LogP contribution in [0.3, 0.4) is 0 Å². The van der Waals surface area contributed by atoms with Crippen LogP contribution >= 0.6 is 0 Å². The molecule has 0 bridgehead atoms. The van der Waals surface area contributed by atoms with Crippen LogP contribution in [0.1, 0.15) is 0 Å². The van der Waals surface area contributed by atoms with Crippen LogP contribution in [0.4, 0.5) is 0 Å². The predicted octanol–water partition coefficient (Wildman–Crippen LogP) is -2.24. The van der Waals surface area contributed by atoms with Crippen molar-refractivity contribution in [3.8, 4) is 0 Å². The minimum atomic E-state index is -0.355. The van der Waals surface area contributed by atoms with Crippen LogP contribution in [0.5, 0.6) is 0 Å². The summed E-state index contributed by atoms with van der Waals surface area (Å²) < 4.78 is 0. The van der Waals surface area contributed by atoms with E-state index in [1.807, 2.05) is 0 Å². The van der Waals surface area contributed by atoms with Crippen LogP contribution in [0.25, 0.3) is 0 Å². The standard InChI is InChI=1S/CH7N5O2/c2-1(4-3)5-6(7)8/h7-8H,3H2,(H3,2,4,5). The van der Waals surface area contributed by atoms with Gasteiger partial charge in [-0.15, -0.1) is 5.10 Å². The highest BCUT2D eigenvalue weighted by Gasteiger charge is 1.91. The summed E-state index contributed by atoms with van der Waals surface area (Å²) in [6, 6.07) is 0. The Hall–Kier alpha value is -1.05. The third-order valence-corrected chi connectivity index (χ3v) is 0.354. The molecule has 0 saturated heterocycles. The number of hydrogen-bond acceptors (Lipinski definition) is 5. The molecule has 48 valence electrons. The maximum absolute atomic E-state index is 7.92. The third kappa shape index (κ3) is 3.15. The lowest BCUT2D eigenvalue weighted by Crippen LogP contribution is -2.42. The number of hydrazone groups is 1. The first-order chi connectivity index (χ1) is 3.66. The van der Waals surface area contributed by atoms with Crippen LogP contribution in [-0.2, 0) is 0 Å². The van der Waals surface area contributed by atoms with Crippen molar-refractivity contribution in [3.05, 3.63) is 0 Å². The molecule has 0 atom stereocenters. The molecule has 0 aromatic heterocycles. The molecule has 0 heterocycles. The van der Waals surface area contributed by atoms with Gasteiger partial charge in [0.25, 0.3) is 0 Å². The topological polar surface area (TPSA) is 120 Å². The van der Waals surface area contributed by atoms with E-state index in [2.05, 4.69) is 10.9 Å². The molecule has 0 aliphatic heterocycles. The van der Waals surface area contributed by atoms with E-state index >= 15 is 0 Å². The Morgan fingerprint density at radius 2 is 2.12 bits per heavy atom. The highest BCUT2D eigenvalue weighted by molar-refractivity contribution is 5.76. The Kier molecular flexibility index (Phi) is 2.62. The first kappa shape index (κ1) is 6.95. The second-order valence-corrected chi connectivity index (χ2v) is 0.916. The van der Waals surface area contributed by atoms with E-state index in [0.717, 1.165) is 0 Å². The van der Waals surface area contributed by atoms with Gasteiger partial charge >= 0.3 is 0 Å². The summed E-state index contributed by atoms with van der Waals surface area (Å²) in [4.78, 5) is 0. The van der Waals surface area contributed by atoms with Gasteiger partial charge < -0.3 is 11.6 Å². The minimum Gasteiger partial charge on any atom is -0.367 e. The molecule has 7 heteroatoms. The molecule has 0 saturated carbocycles. The van der Waals surface area contributed by atoms with Gasteiger partial charge in [-0.05, 0) is 0 Å². The number of hydrogen-bond donors (Lipinski definition) is 5. The molecule has 8 heavy (non-hydrogen) atoms. The number of nitrogens with two attached hydrogens (primary N) is 2. The largest absolute Gasteiger partial charge is 0.367 e. The number of hydrazine groups is 1. The smallest absolute Gasteiger partial charge is 0.229 e. The summed E-state index contributed by atoms with van der Waals surface area (Å²) in [5.41, 5.74) is 6.57. The van der Waals surface area contributed by atoms with Crippen molar-refractivity contribution in [1.29, 1.82) is 0 Å². The number of rotatable bonds is 1. The molecule has 0 radical (unpaired) electrons. The highest BCUT2D eigenvalue weighted by Crippen LogP contribution is 1.57. The van der Waals surface area contributed by atoms with Crippen LogP contribution in [0.2, 0.25) is 0 Å². The first-order valence-corrected chi connectivity index (χ1v) is 1.64. The summed E-state index contributed by atoms with van der Waals surface area (Å²) in [5.74, 6) is 4.28. The molecule has 0 aliphatic carbocycles. The van der Waals surface area contributed by atoms with Crippen molar-refractivity contribution in [3.63, 3.8) is 0 Å². The Balaban J connectivity index is 3.39. The van der Waals surface area contributed by atoms with Crippen molar-refractivity contribution >= 4 is 5.96 Å². The minimum absolute atomic E-state index is 0.296. The number of nitrogens with zero attached hydrogens (tertiary/aromatic N) is 2. The van der Waals surface area contributed by atoms with Gasteiger partial charge in [-0.3, -0.25) is 10.4 Å². The molecule has 0 aromatic carbocycles. The lowest BCUT2D eigenvalue weighted by Gasteiger charge is -2.05. The molecule has 0 amide bonds. The van der Waals surface area contributed by atoms with Crippen molar-refractivity contribution in [2.24, 2.45) is 16.7 Å². The highest BCUT2D eigenvalue weighted by atomic mass is 16.8. The fourth-order valence-electron chi connectivity index (χ4n) is 0.131. The van der Waals surface area contributed by atoms with E-state index in [-0.39, 0.29) is 11.3 Å². The van der Waals surface area contributed by atoms with Crippen LogP contribution in [0.15, 0.2) is 5.10 Å². The molecule has 0 aromatic rings. The van der Waals surface area contributed by atoms with E-state index in [0.29, 0.717) is 0 Å². The molecule has 0 unspecified atom stereocenters. The Bertz CT molecular complexity index is 88.4. The zero-order chi connectivity index (χ0) is 6.57. The van der Waals surface area contributed by atoms with Gasteiger partial charge in [0, 0.05) is 5.34 Å². The molecule has 0 spiro atoms. The van der Waals surface area contributed by atoms with Crippen LogP contribution in [0, 0.1) is 0 Å². The quantitative estimate of drug-likeness (QED) is 0.116. The van der Waals surface area contributed by atoms with Gasteiger partial charge in [0.2, 0.25) is 5.96 Å². The SMILES string of the molecule is N/N=C(\N)NN(O)O. The zero-order valence-electron chi connectivity index (χ0n) is 3.94. The third-order valence-electron chi connectivity index (χ3n) is 0.354. The molecule has 7 nitrogen and oxygen atoms in total. The lowest BCUT2D eigenvalue weighted by molar-refractivity contribution is -0.329. The Morgan fingerprint density at radius 3 is 2.25 bits per heavy atom. The van der Waals surface area contributed by atoms with Gasteiger partial charge in [0.1, 0.15) is 0 Å². The molecular weight excluding hydrogens is 114 g/mol. The van der Waals surface area contributed by atoms with E-state index in [1.165, 1.54) is 0 Å². The van der Waals surface area contributed by atoms with Gasteiger partial charge in [-0.2, -0.15) is 0 Å². The van der Waals surface area contributed by atoms with Crippen molar-refractivity contribution < 1.29 is 10.4 Å². The summed E-state index contributed by atoms with van der Waals surface area (Å²) >= 11 is 0. The van der Waals surface area contributed by atoms with Gasteiger partial charge in [-0.1, -0.05) is 0 Å². The predicted molar refractivity (Wildman–Crippen MR) is 24.4 cm³/mol.